The Balaban J connectivity index is 2.16. The molecule has 0 aromatic heterocycles. The van der Waals surface area contributed by atoms with E-state index in [1.807, 2.05) is 24.3 Å². The van der Waals surface area contributed by atoms with Crippen molar-refractivity contribution in [2.75, 3.05) is 0 Å². The molecule has 2 aromatic rings. The van der Waals surface area contributed by atoms with Gasteiger partial charge >= 0.3 is 0 Å². The van der Waals surface area contributed by atoms with Gasteiger partial charge in [-0.1, -0.05) is 48.5 Å². The molecule has 1 aliphatic rings. The van der Waals surface area contributed by atoms with Crippen LogP contribution >= 0.6 is 23.2 Å². The van der Waals surface area contributed by atoms with Crippen LogP contribution in [0.25, 0.3) is 11.1 Å². The fraction of sp³-hybridized carbons (Fsp3) is 0.263. The molecule has 0 N–H and O–H groups in total. The summed E-state index contributed by atoms with van der Waals surface area (Å²) in [5.74, 6) is 0. The van der Waals surface area contributed by atoms with Gasteiger partial charge in [-0.05, 0) is 58.3 Å². The van der Waals surface area contributed by atoms with E-state index >= 15 is 0 Å². The molecule has 0 saturated heterocycles. The van der Waals surface area contributed by atoms with Crippen molar-refractivity contribution in [3.05, 3.63) is 59.7 Å². The number of halogens is 2. The van der Waals surface area contributed by atoms with Gasteiger partial charge in [0.15, 0.2) is 0 Å². The van der Waals surface area contributed by atoms with E-state index in [9.17, 15) is 9.59 Å². The second kappa shape index (κ2) is 6.46. The lowest BCUT2D eigenvalue weighted by Gasteiger charge is -2.31. The number of carbonyl (C=O) groups is 2. The van der Waals surface area contributed by atoms with Crippen LogP contribution in [-0.2, 0) is 15.0 Å². The molecule has 0 amide bonds. The summed E-state index contributed by atoms with van der Waals surface area (Å²) in [6, 6.07) is 16.3. The summed E-state index contributed by atoms with van der Waals surface area (Å²) in [5, 5.41) is -0.716. The number of hydrogen-bond acceptors (Lipinski definition) is 2. The molecule has 2 nitrogen and oxygen atoms in total. The average Bonchev–Trinajstić information content (AvgIpc) is 2.82. The van der Waals surface area contributed by atoms with Crippen molar-refractivity contribution in [3.63, 3.8) is 0 Å². The van der Waals surface area contributed by atoms with Crippen molar-refractivity contribution in [1.82, 2.24) is 0 Å². The minimum Gasteiger partial charge on any atom is -0.281 e. The van der Waals surface area contributed by atoms with Gasteiger partial charge in [-0.2, -0.15) is 0 Å². The third-order valence-electron chi connectivity index (χ3n) is 4.67. The Kier molecular flexibility index (Phi) is 4.56. The lowest BCUT2D eigenvalue weighted by atomic mass is 9.71. The molecule has 0 unspecified atom stereocenters. The van der Waals surface area contributed by atoms with Crippen LogP contribution in [0, 0.1) is 0 Å². The summed E-state index contributed by atoms with van der Waals surface area (Å²) in [4.78, 5) is 22.8. The standard InChI is InChI=1S/C19H16Cl2O2/c20-17(22)9-11-19(12-10-18(21)23)15-7-3-1-5-13(15)14-6-2-4-8-16(14)19/h1-8H,9-12H2. The molecule has 0 saturated carbocycles. The minimum absolute atomic E-state index is 0.265. The smallest absolute Gasteiger partial charge is 0.221 e. The van der Waals surface area contributed by atoms with Gasteiger partial charge in [0, 0.05) is 18.3 Å². The minimum atomic E-state index is -0.387. The molecule has 3 rings (SSSR count). The quantitative estimate of drug-likeness (QED) is 0.686. The highest BCUT2D eigenvalue weighted by atomic mass is 35.5. The van der Waals surface area contributed by atoms with Crippen molar-refractivity contribution in [2.45, 2.75) is 31.1 Å². The van der Waals surface area contributed by atoms with Crippen LogP contribution in [0.1, 0.15) is 36.8 Å². The first-order chi connectivity index (χ1) is 11.0. The molecular formula is C19H16Cl2O2. The highest BCUT2D eigenvalue weighted by molar-refractivity contribution is 6.63. The van der Waals surface area contributed by atoms with Gasteiger partial charge in [-0.3, -0.25) is 9.59 Å². The SMILES string of the molecule is O=C(Cl)CCC1(CCC(=O)Cl)c2ccccc2-c2ccccc21. The first kappa shape index (κ1) is 16.2. The van der Waals surface area contributed by atoms with Crippen molar-refractivity contribution in [2.24, 2.45) is 0 Å². The van der Waals surface area contributed by atoms with Crippen LogP contribution in [0.15, 0.2) is 48.5 Å². The van der Waals surface area contributed by atoms with E-state index in [0.717, 1.165) is 22.3 Å². The summed E-state index contributed by atoms with van der Waals surface area (Å²) >= 11 is 11.2. The maximum atomic E-state index is 11.4. The zero-order valence-corrected chi connectivity index (χ0v) is 14.0. The Hall–Kier alpha value is -1.64. The van der Waals surface area contributed by atoms with Crippen molar-refractivity contribution in [3.8, 4) is 11.1 Å². The van der Waals surface area contributed by atoms with Crippen LogP contribution in [-0.4, -0.2) is 10.5 Å². The van der Waals surface area contributed by atoms with Crippen LogP contribution < -0.4 is 0 Å². The number of benzene rings is 2. The van der Waals surface area contributed by atoms with Gasteiger partial charge in [0.25, 0.3) is 0 Å². The molecule has 0 aliphatic heterocycles. The van der Waals surface area contributed by atoms with Crippen LogP contribution in [0.3, 0.4) is 0 Å². The highest BCUT2D eigenvalue weighted by Crippen LogP contribution is 2.53. The maximum absolute atomic E-state index is 11.4. The largest absolute Gasteiger partial charge is 0.281 e. The van der Waals surface area contributed by atoms with Crippen LogP contribution in [0.2, 0.25) is 0 Å². The van der Waals surface area contributed by atoms with Gasteiger partial charge < -0.3 is 0 Å². The fourth-order valence-corrected chi connectivity index (χ4v) is 3.89. The summed E-state index contributed by atoms with van der Waals surface area (Å²) in [7, 11) is 0. The molecule has 0 radical (unpaired) electrons. The van der Waals surface area contributed by atoms with E-state index in [1.165, 1.54) is 0 Å². The first-order valence-electron chi connectivity index (χ1n) is 7.61. The Labute approximate surface area is 145 Å². The monoisotopic (exact) mass is 346 g/mol. The Bertz CT molecular complexity index is 702. The van der Waals surface area contributed by atoms with E-state index in [0.29, 0.717) is 12.8 Å². The molecule has 2 aromatic carbocycles. The van der Waals surface area contributed by atoms with Crippen molar-refractivity contribution in [1.29, 1.82) is 0 Å². The summed E-state index contributed by atoms with van der Waals surface area (Å²) in [5.41, 5.74) is 4.23. The summed E-state index contributed by atoms with van der Waals surface area (Å²) in [6.07, 6.45) is 1.68. The Morgan fingerprint density at radius 1 is 0.739 bits per heavy atom. The third-order valence-corrected chi connectivity index (χ3v) is 5.05. The predicted molar refractivity (Wildman–Crippen MR) is 92.8 cm³/mol. The number of rotatable bonds is 6. The molecular weight excluding hydrogens is 331 g/mol. The average molecular weight is 347 g/mol. The van der Waals surface area contributed by atoms with Gasteiger partial charge in [0.1, 0.15) is 0 Å². The van der Waals surface area contributed by atoms with E-state index in [4.69, 9.17) is 23.2 Å². The van der Waals surface area contributed by atoms with Crippen LogP contribution in [0.4, 0.5) is 0 Å². The third kappa shape index (κ3) is 2.93. The van der Waals surface area contributed by atoms with Gasteiger partial charge in [-0.25, -0.2) is 0 Å². The zero-order chi connectivity index (χ0) is 16.4. The van der Waals surface area contributed by atoms with Crippen molar-refractivity contribution >= 4 is 33.7 Å². The molecule has 0 atom stereocenters. The molecule has 4 heteroatoms. The fourth-order valence-electron chi connectivity index (χ4n) is 3.70. The van der Waals surface area contributed by atoms with Gasteiger partial charge in [0.05, 0.1) is 0 Å². The normalized spacial score (nSPS) is 14.2. The molecule has 0 bridgehead atoms. The molecule has 1 aliphatic carbocycles. The highest BCUT2D eigenvalue weighted by Gasteiger charge is 2.42. The van der Waals surface area contributed by atoms with Crippen molar-refractivity contribution < 1.29 is 9.59 Å². The molecule has 23 heavy (non-hydrogen) atoms. The van der Waals surface area contributed by atoms with Gasteiger partial charge in [0.2, 0.25) is 10.5 Å². The first-order valence-corrected chi connectivity index (χ1v) is 8.36. The molecule has 0 heterocycles. The Morgan fingerprint density at radius 2 is 1.13 bits per heavy atom. The van der Waals surface area contributed by atoms with E-state index in [-0.39, 0.29) is 28.7 Å². The van der Waals surface area contributed by atoms with Crippen LogP contribution in [0.5, 0.6) is 0 Å². The van der Waals surface area contributed by atoms with E-state index in [1.54, 1.807) is 0 Å². The Morgan fingerprint density at radius 3 is 1.52 bits per heavy atom. The molecule has 0 spiro atoms. The zero-order valence-electron chi connectivity index (χ0n) is 12.5. The lowest BCUT2D eigenvalue weighted by Crippen LogP contribution is -2.26. The van der Waals surface area contributed by atoms with E-state index < -0.39 is 0 Å². The van der Waals surface area contributed by atoms with Gasteiger partial charge in [-0.15, -0.1) is 0 Å². The molecule has 118 valence electrons. The predicted octanol–water partition coefficient (Wildman–Crippen LogP) is 5.04. The lowest BCUT2D eigenvalue weighted by molar-refractivity contribution is -0.112. The number of carbonyl (C=O) groups excluding carboxylic acids is 2. The second-order valence-corrected chi connectivity index (χ2v) is 6.73. The summed E-state index contributed by atoms with van der Waals surface area (Å²) in [6.45, 7) is 0. The molecule has 0 fully saturated rings. The number of hydrogen-bond donors (Lipinski definition) is 0. The maximum Gasteiger partial charge on any atom is 0.221 e. The number of fused-ring (bicyclic) bond motifs is 3. The van der Waals surface area contributed by atoms with E-state index in [2.05, 4.69) is 24.3 Å². The second-order valence-electron chi connectivity index (χ2n) is 5.88. The summed E-state index contributed by atoms with van der Waals surface area (Å²) < 4.78 is 0. The topological polar surface area (TPSA) is 34.1 Å².